The van der Waals surface area contributed by atoms with E-state index in [1.807, 2.05) is 0 Å². The Labute approximate surface area is 129 Å². The maximum absolute atomic E-state index is 3.47. The highest BCUT2D eigenvalue weighted by atomic mass is 15.3. The summed E-state index contributed by atoms with van der Waals surface area (Å²) in [7, 11) is 0. The first-order chi connectivity index (χ1) is 10.3. The highest BCUT2D eigenvalue weighted by Crippen LogP contribution is 2.30. The molecular weight excluding hydrogens is 258 g/mol. The van der Waals surface area contributed by atoms with E-state index in [2.05, 4.69) is 53.2 Å². The van der Waals surface area contributed by atoms with E-state index in [0.717, 1.165) is 12.5 Å². The first kappa shape index (κ1) is 14.9. The number of hydrogen-bond donors (Lipinski definition) is 1. The molecule has 1 aromatic rings. The van der Waals surface area contributed by atoms with Crippen molar-refractivity contribution in [2.24, 2.45) is 5.92 Å². The van der Waals surface area contributed by atoms with Gasteiger partial charge in [-0.15, -0.1) is 0 Å². The largest absolute Gasteiger partial charge is 0.369 e. The molecule has 3 nitrogen and oxygen atoms in total. The molecule has 1 aliphatic carbocycles. The minimum atomic E-state index is 0.444. The summed E-state index contributed by atoms with van der Waals surface area (Å²) >= 11 is 0. The Morgan fingerprint density at radius 3 is 2.33 bits per heavy atom. The van der Waals surface area contributed by atoms with Gasteiger partial charge in [-0.2, -0.15) is 0 Å². The first-order valence-electron chi connectivity index (χ1n) is 8.57. The fourth-order valence-corrected chi connectivity index (χ4v) is 3.25. The summed E-state index contributed by atoms with van der Waals surface area (Å²) in [5.74, 6) is 1.02. The van der Waals surface area contributed by atoms with E-state index >= 15 is 0 Å². The molecule has 0 radical (unpaired) electrons. The average molecular weight is 287 g/mol. The monoisotopic (exact) mass is 287 g/mol. The summed E-state index contributed by atoms with van der Waals surface area (Å²) in [5.41, 5.74) is 2.77. The Balaban J connectivity index is 1.52. The number of anilines is 1. The fraction of sp³-hybridized carbons (Fsp3) is 0.667. The van der Waals surface area contributed by atoms with Crippen LogP contribution in [0.15, 0.2) is 24.3 Å². The molecule has 3 heteroatoms. The van der Waals surface area contributed by atoms with Gasteiger partial charge in [0.2, 0.25) is 0 Å². The topological polar surface area (TPSA) is 18.5 Å². The molecule has 1 aliphatic heterocycles. The molecule has 21 heavy (non-hydrogen) atoms. The van der Waals surface area contributed by atoms with Crippen LogP contribution in [0.25, 0.3) is 0 Å². The molecule has 0 bridgehead atoms. The van der Waals surface area contributed by atoms with Gasteiger partial charge in [-0.3, -0.25) is 4.90 Å². The van der Waals surface area contributed by atoms with Crippen LogP contribution in [0.2, 0.25) is 0 Å². The van der Waals surface area contributed by atoms with Crippen LogP contribution >= 0.6 is 0 Å². The van der Waals surface area contributed by atoms with E-state index < -0.39 is 0 Å². The van der Waals surface area contributed by atoms with Gasteiger partial charge in [0.1, 0.15) is 0 Å². The highest BCUT2D eigenvalue weighted by molar-refractivity contribution is 5.48. The minimum absolute atomic E-state index is 0.444. The Hall–Kier alpha value is -1.06. The summed E-state index contributed by atoms with van der Waals surface area (Å²) in [6.07, 6.45) is 2.93. The zero-order valence-electron chi connectivity index (χ0n) is 13.5. The number of benzene rings is 1. The Bertz CT molecular complexity index is 430. The van der Waals surface area contributed by atoms with Crippen molar-refractivity contribution in [3.8, 4) is 0 Å². The molecule has 1 saturated carbocycles. The van der Waals surface area contributed by atoms with Crippen molar-refractivity contribution < 1.29 is 0 Å². The van der Waals surface area contributed by atoms with Gasteiger partial charge in [-0.05, 0) is 49.9 Å². The lowest BCUT2D eigenvalue weighted by molar-refractivity contribution is 0.248. The number of nitrogens with one attached hydrogen (secondary N) is 1. The Morgan fingerprint density at radius 1 is 1.10 bits per heavy atom. The maximum atomic E-state index is 3.47. The lowest BCUT2D eigenvalue weighted by Crippen LogP contribution is -2.47. The quantitative estimate of drug-likeness (QED) is 0.868. The summed E-state index contributed by atoms with van der Waals surface area (Å²) < 4.78 is 0. The standard InChI is InChI=1S/C18H29N3/c1-3-19-15(2)17-6-8-18(9-7-17)21-12-10-20(11-13-21)14-16-4-5-16/h6-9,15-16,19H,3-5,10-14H2,1-2H3. The maximum Gasteiger partial charge on any atom is 0.0367 e. The Morgan fingerprint density at radius 2 is 1.76 bits per heavy atom. The normalized spacial score (nSPS) is 21.5. The van der Waals surface area contributed by atoms with Crippen LogP contribution < -0.4 is 10.2 Å². The first-order valence-corrected chi connectivity index (χ1v) is 8.57. The van der Waals surface area contributed by atoms with Crippen molar-refractivity contribution in [3.63, 3.8) is 0 Å². The van der Waals surface area contributed by atoms with Gasteiger partial charge in [0, 0.05) is 44.5 Å². The molecule has 116 valence electrons. The molecule has 1 heterocycles. The van der Waals surface area contributed by atoms with Gasteiger partial charge in [0.25, 0.3) is 0 Å². The van der Waals surface area contributed by atoms with E-state index in [1.165, 1.54) is 56.8 Å². The van der Waals surface area contributed by atoms with Crippen LogP contribution in [0.4, 0.5) is 5.69 Å². The molecule has 1 unspecified atom stereocenters. The smallest absolute Gasteiger partial charge is 0.0367 e. The van der Waals surface area contributed by atoms with E-state index in [4.69, 9.17) is 0 Å². The molecule has 1 N–H and O–H groups in total. The minimum Gasteiger partial charge on any atom is -0.369 e. The van der Waals surface area contributed by atoms with Gasteiger partial charge < -0.3 is 10.2 Å². The molecule has 1 aromatic carbocycles. The van der Waals surface area contributed by atoms with Gasteiger partial charge in [0.15, 0.2) is 0 Å². The van der Waals surface area contributed by atoms with Crippen molar-refractivity contribution in [2.45, 2.75) is 32.7 Å². The zero-order valence-corrected chi connectivity index (χ0v) is 13.5. The molecule has 0 aromatic heterocycles. The molecule has 1 saturated heterocycles. The van der Waals surface area contributed by atoms with Gasteiger partial charge >= 0.3 is 0 Å². The van der Waals surface area contributed by atoms with Crippen molar-refractivity contribution in [1.29, 1.82) is 0 Å². The highest BCUT2D eigenvalue weighted by Gasteiger charge is 2.26. The van der Waals surface area contributed by atoms with Crippen LogP contribution in [0.1, 0.15) is 38.3 Å². The molecular formula is C18H29N3. The van der Waals surface area contributed by atoms with Crippen molar-refractivity contribution in [1.82, 2.24) is 10.2 Å². The van der Waals surface area contributed by atoms with Gasteiger partial charge in [-0.25, -0.2) is 0 Å². The van der Waals surface area contributed by atoms with E-state index in [0.29, 0.717) is 6.04 Å². The second-order valence-electron chi connectivity index (χ2n) is 6.60. The number of nitrogens with zero attached hydrogens (tertiary/aromatic N) is 2. The molecule has 2 aliphatic rings. The van der Waals surface area contributed by atoms with Crippen LogP contribution in [-0.4, -0.2) is 44.2 Å². The fourth-order valence-electron chi connectivity index (χ4n) is 3.25. The molecule has 3 rings (SSSR count). The van der Waals surface area contributed by atoms with Crippen LogP contribution in [-0.2, 0) is 0 Å². The molecule has 1 atom stereocenters. The van der Waals surface area contributed by atoms with Crippen molar-refractivity contribution in [3.05, 3.63) is 29.8 Å². The summed E-state index contributed by atoms with van der Waals surface area (Å²) in [5, 5.41) is 3.47. The van der Waals surface area contributed by atoms with Crippen LogP contribution in [0.3, 0.4) is 0 Å². The van der Waals surface area contributed by atoms with E-state index in [1.54, 1.807) is 0 Å². The lowest BCUT2D eigenvalue weighted by Gasteiger charge is -2.36. The zero-order chi connectivity index (χ0) is 14.7. The summed E-state index contributed by atoms with van der Waals surface area (Å²) in [4.78, 5) is 5.18. The Kier molecular flexibility index (Phi) is 4.81. The SMILES string of the molecule is CCNC(C)c1ccc(N2CCN(CC3CC3)CC2)cc1. The average Bonchev–Trinajstić information content (AvgIpc) is 3.32. The van der Waals surface area contributed by atoms with Gasteiger partial charge in [-0.1, -0.05) is 19.1 Å². The van der Waals surface area contributed by atoms with Gasteiger partial charge in [0.05, 0.1) is 0 Å². The summed E-state index contributed by atoms with van der Waals surface area (Å²) in [6.45, 7) is 11.6. The van der Waals surface area contributed by atoms with E-state index in [-0.39, 0.29) is 0 Å². The van der Waals surface area contributed by atoms with Crippen LogP contribution in [0.5, 0.6) is 0 Å². The third kappa shape index (κ3) is 3.98. The molecule has 0 spiro atoms. The third-order valence-electron chi connectivity index (χ3n) is 4.85. The molecule has 2 fully saturated rings. The van der Waals surface area contributed by atoms with E-state index in [9.17, 15) is 0 Å². The number of rotatable bonds is 6. The third-order valence-corrected chi connectivity index (χ3v) is 4.85. The predicted molar refractivity (Wildman–Crippen MR) is 89.9 cm³/mol. The predicted octanol–water partition coefficient (Wildman–Crippen LogP) is 2.89. The second kappa shape index (κ2) is 6.80. The van der Waals surface area contributed by atoms with Crippen molar-refractivity contribution in [2.75, 3.05) is 44.2 Å². The lowest BCUT2D eigenvalue weighted by atomic mass is 10.1. The number of hydrogen-bond acceptors (Lipinski definition) is 3. The second-order valence-corrected chi connectivity index (χ2v) is 6.60. The van der Waals surface area contributed by atoms with Crippen molar-refractivity contribution >= 4 is 5.69 Å². The molecule has 0 amide bonds. The summed E-state index contributed by atoms with van der Waals surface area (Å²) in [6, 6.07) is 9.58. The van der Waals surface area contributed by atoms with Crippen LogP contribution in [0, 0.1) is 5.92 Å². The number of piperazine rings is 1.